The van der Waals surface area contributed by atoms with Gasteiger partial charge in [0, 0.05) is 22.1 Å². The Morgan fingerprint density at radius 1 is 0.756 bits per heavy atom. The molecule has 1 aromatic rings. The number of ether oxygens (including phenoxy) is 6. The Morgan fingerprint density at radius 2 is 1.45 bits per heavy atom. The van der Waals surface area contributed by atoms with Crippen LogP contribution in [0.15, 0.2) is 35.9 Å². The average Bonchev–Trinajstić information content (AvgIpc) is 3.61. The SMILES string of the molecule is CC1O[C@@H](OC2C(O)[C@@H](NC(=O)CCCCCNC(=O)c3ccc(I)cc3)C(CO)O[C@H]2OC(=O)[C@]23CCC(C)(C)CC2C2=CCC4C5(C)CC[C@H](O)[C@](C)(C=O)[C@@H]5CC[C@]4(C)[C@]2(C)C[C@H]3O)C(O)C(O)[C@H]1O[C@@H]1OC[C@@H](O)C(O)C1O. The molecular formula is C60H89IN2O19. The number of halogens is 1. The van der Waals surface area contributed by atoms with E-state index in [1.807, 2.05) is 19.1 Å². The lowest BCUT2D eigenvalue weighted by Crippen LogP contribution is -2.69. The third-order valence-electron chi connectivity index (χ3n) is 21.7. The zero-order chi connectivity index (χ0) is 59.6. The Labute approximate surface area is 493 Å². The second-order valence-corrected chi connectivity index (χ2v) is 28.2. The zero-order valence-electron chi connectivity index (χ0n) is 48.2. The van der Waals surface area contributed by atoms with Gasteiger partial charge in [0.1, 0.15) is 60.5 Å². The number of amides is 2. The van der Waals surface area contributed by atoms with E-state index in [1.165, 1.54) is 6.92 Å². The highest BCUT2D eigenvalue weighted by Crippen LogP contribution is 2.76. The highest BCUT2D eigenvalue weighted by atomic mass is 127. The fraction of sp³-hybridized carbons (Fsp3) is 0.800. The number of fused-ring (bicyclic) bond motifs is 7. The molecule has 9 rings (SSSR count). The van der Waals surface area contributed by atoms with Gasteiger partial charge in [-0.05, 0) is 164 Å². The summed E-state index contributed by atoms with van der Waals surface area (Å²) in [4.78, 5) is 54.8. The van der Waals surface area contributed by atoms with Gasteiger partial charge in [-0.2, -0.15) is 0 Å². The van der Waals surface area contributed by atoms with E-state index < -0.39 is 145 Å². The first-order valence-corrected chi connectivity index (χ1v) is 30.7. The van der Waals surface area contributed by atoms with Gasteiger partial charge >= 0.3 is 5.97 Å². The smallest absolute Gasteiger partial charge is 0.317 e. The van der Waals surface area contributed by atoms with E-state index in [0.717, 1.165) is 28.3 Å². The van der Waals surface area contributed by atoms with Crippen molar-refractivity contribution in [2.75, 3.05) is 19.8 Å². The first-order chi connectivity index (χ1) is 38.6. The molecule has 8 aliphatic rings. The maximum atomic E-state index is 15.7. The van der Waals surface area contributed by atoms with Gasteiger partial charge in [-0.3, -0.25) is 14.4 Å². The summed E-state index contributed by atoms with van der Waals surface area (Å²) in [5.41, 5.74) is -2.41. The number of allylic oxidation sites excluding steroid dienone is 2. The minimum absolute atomic E-state index is 0.0188. The van der Waals surface area contributed by atoms with Crippen LogP contribution < -0.4 is 10.6 Å². The van der Waals surface area contributed by atoms with Crippen LogP contribution in [0.1, 0.15) is 142 Å². The predicted octanol–water partition coefficient (Wildman–Crippen LogP) is 2.68. The summed E-state index contributed by atoms with van der Waals surface area (Å²) in [6, 6.07) is 5.76. The van der Waals surface area contributed by atoms with E-state index >= 15 is 4.79 Å². The molecule has 0 bridgehead atoms. The molecule has 0 aromatic heterocycles. The number of aliphatic hydroxyl groups is 9. The van der Waals surface area contributed by atoms with E-state index in [0.29, 0.717) is 63.5 Å². The number of aliphatic hydroxyl groups excluding tert-OH is 9. The van der Waals surface area contributed by atoms with Crippen LogP contribution in [0.25, 0.3) is 0 Å². The molecule has 3 saturated heterocycles. The molecule has 4 saturated carbocycles. The van der Waals surface area contributed by atoms with Crippen LogP contribution in [0, 0.1) is 53.8 Å². The largest absolute Gasteiger partial charge is 0.432 e. The highest BCUT2D eigenvalue weighted by Gasteiger charge is 2.72. The number of benzene rings is 1. The minimum Gasteiger partial charge on any atom is -0.432 e. The van der Waals surface area contributed by atoms with Gasteiger partial charge in [0.05, 0.1) is 43.0 Å². The standard InChI is InChI=1S/C60H89IN2O19/c1-30-48(80-51-46(73)43(70)35(66)28-77-51)45(72)47(74)52(78-30)81-49-44(71)42(63-41(69)11-9-8-10-24-62-50(75)31-12-14-32(61)15-13-31)36(27-64)79-53(49)82-54(76)60-23-22-55(2,3)25-34(60)33-16-17-38-56(4)20-19-39(67)57(5,29-65)37(56)18-21-58(38,6)59(33,7)26-40(60)68/h12-16,29-30,34-40,42-49,51-53,64,66-68,70-74H,8-11,17-28H2,1-7H3,(H,62,75)(H,63,69)/t30?,34?,35-,36?,37-,38?,39+,40-,42+,43?,44?,45?,46?,47?,48+,49?,51+,52+,53+,56?,57-,58+,59-,60-/m1/s1. The number of nitrogens with one attached hydrogen (secondary N) is 2. The van der Waals surface area contributed by atoms with E-state index in [2.05, 4.69) is 73.9 Å². The molecule has 0 radical (unpaired) electrons. The molecule has 1 aromatic carbocycles. The van der Waals surface area contributed by atoms with Crippen LogP contribution in [-0.2, 0) is 42.8 Å². The van der Waals surface area contributed by atoms with Crippen molar-refractivity contribution in [2.45, 2.75) is 230 Å². The number of esters is 1. The lowest BCUT2D eigenvalue weighted by molar-refractivity contribution is -0.370. The molecule has 0 spiro atoms. The molecule has 5 aliphatic carbocycles. The van der Waals surface area contributed by atoms with Crippen molar-refractivity contribution in [3.05, 3.63) is 45.0 Å². The predicted molar refractivity (Wildman–Crippen MR) is 300 cm³/mol. The van der Waals surface area contributed by atoms with Crippen molar-refractivity contribution in [2.24, 2.45) is 50.2 Å². The van der Waals surface area contributed by atoms with Crippen molar-refractivity contribution in [3.8, 4) is 0 Å². The van der Waals surface area contributed by atoms with Crippen LogP contribution in [0.3, 0.4) is 0 Å². The Morgan fingerprint density at radius 3 is 2.15 bits per heavy atom. The Balaban J connectivity index is 0.963. The zero-order valence-corrected chi connectivity index (χ0v) is 50.4. The maximum Gasteiger partial charge on any atom is 0.317 e. The van der Waals surface area contributed by atoms with E-state index in [9.17, 15) is 60.3 Å². The van der Waals surface area contributed by atoms with Crippen LogP contribution in [-0.4, -0.2) is 188 Å². The molecule has 82 heavy (non-hydrogen) atoms. The summed E-state index contributed by atoms with van der Waals surface area (Å²) < 4.78 is 37.5. The Kier molecular flexibility index (Phi) is 19.0. The number of hydrogen-bond donors (Lipinski definition) is 11. The maximum absolute atomic E-state index is 15.7. The molecule has 11 unspecified atom stereocenters. The fourth-order valence-electron chi connectivity index (χ4n) is 16.6. The highest BCUT2D eigenvalue weighted by molar-refractivity contribution is 14.1. The summed E-state index contributed by atoms with van der Waals surface area (Å²) in [7, 11) is 0. The van der Waals surface area contributed by atoms with E-state index in [4.69, 9.17) is 28.4 Å². The van der Waals surface area contributed by atoms with E-state index in [-0.39, 0.29) is 53.3 Å². The topological polar surface area (TPSA) is 330 Å². The second-order valence-electron chi connectivity index (χ2n) is 26.9. The lowest BCUT2D eigenvalue weighted by atomic mass is 9.33. The molecule has 21 nitrogen and oxygen atoms in total. The molecule has 11 N–H and O–H groups in total. The third-order valence-corrected chi connectivity index (χ3v) is 22.4. The van der Waals surface area contributed by atoms with Crippen LogP contribution in [0.4, 0.5) is 0 Å². The second kappa shape index (κ2) is 24.4. The monoisotopic (exact) mass is 1270 g/mol. The number of hydrogen-bond acceptors (Lipinski definition) is 19. The van der Waals surface area contributed by atoms with Crippen molar-refractivity contribution >= 4 is 46.7 Å². The fourth-order valence-corrected chi connectivity index (χ4v) is 16.9. The summed E-state index contributed by atoms with van der Waals surface area (Å²) in [6.07, 6.45) is -13.8. The van der Waals surface area contributed by atoms with Crippen molar-refractivity contribution in [3.63, 3.8) is 0 Å². The Bertz CT molecular complexity index is 2510. The number of aldehydes is 1. The van der Waals surface area contributed by atoms with Gasteiger partial charge in [0.15, 0.2) is 18.7 Å². The molecule has 3 heterocycles. The number of carbonyl (C=O) groups is 4. The Hall–Kier alpha value is -2.79. The van der Waals surface area contributed by atoms with Crippen molar-refractivity contribution < 1.29 is 93.6 Å². The summed E-state index contributed by atoms with van der Waals surface area (Å²) >= 11 is 2.16. The van der Waals surface area contributed by atoms with Gasteiger partial charge in [0.2, 0.25) is 12.2 Å². The molecule has 7 fully saturated rings. The van der Waals surface area contributed by atoms with Crippen LogP contribution >= 0.6 is 22.6 Å². The van der Waals surface area contributed by atoms with Crippen molar-refractivity contribution in [1.29, 1.82) is 0 Å². The first-order valence-electron chi connectivity index (χ1n) is 29.6. The lowest BCUT2D eigenvalue weighted by Gasteiger charge is -2.71. The number of unbranched alkanes of at least 4 members (excludes halogenated alkanes) is 2. The molecule has 22 heteroatoms. The van der Waals surface area contributed by atoms with Crippen molar-refractivity contribution in [1.82, 2.24) is 10.6 Å². The summed E-state index contributed by atoms with van der Waals surface area (Å²) in [6.45, 7) is 13.6. The summed E-state index contributed by atoms with van der Waals surface area (Å²) in [5.74, 6) is -2.06. The molecule has 2 amide bonds. The summed E-state index contributed by atoms with van der Waals surface area (Å²) in [5, 5.41) is 107. The quantitative estimate of drug-likeness (QED) is 0.0373. The van der Waals surface area contributed by atoms with Gasteiger partial charge in [-0.25, -0.2) is 0 Å². The van der Waals surface area contributed by atoms with Gasteiger partial charge < -0.3 is 89.8 Å². The van der Waals surface area contributed by atoms with Crippen LogP contribution in [0.5, 0.6) is 0 Å². The van der Waals surface area contributed by atoms with Gasteiger partial charge in [0.25, 0.3) is 5.91 Å². The molecule has 460 valence electrons. The molecular weight excluding hydrogens is 1180 g/mol. The number of rotatable bonds is 16. The molecule has 3 aliphatic heterocycles. The first kappa shape index (κ1) is 63.7. The third kappa shape index (κ3) is 11.3. The van der Waals surface area contributed by atoms with E-state index in [1.54, 1.807) is 12.1 Å². The number of carbonyl (C=O) groups excluding carboxylic acids is 4. The normalized spacial score (nSPS) is 46.1. The average molecular weight is 1270 g/mol. The minimum atomic E-state index is -1.96. The van der Waals surface area contributed by atoms with Gasteiger partial charge in [-0.1, -0.05) is 59.6 Å². The van der Waals surface area contributed by atoms with Crippen LogP contribution in [0.2, 0.25) is 0 Å². The van der Waals surface area contributed by atoms with Gasteiger partial charge in [-0.15, -0.1) is 0 Å². The molecule has 24 atom stereocenters.